The zero-order valence-electron chi connectivity index (χ0n) is 17.7. The van der Waals surface area contributed by atoms with Crippen molar-refractivity contribution in [2.24, 2.45) is 11.8 Å². The normalized spacial score (nSPS) is 27.2. The Bertz CT molecular complexity index is 1250. The maximum atomic E-state index is 14.8. The van der Waals surface area contributed by atoms with E-state index in [1.807, 2.05) is 13.8 Å². The lowest BCUT2D eigenvalue weighted by atomic mass is 9.89. The van der Waals surface area contributed by atoms with E-state index in [9.17, 15) is 18.8 Å². The van der Waals surface area contributed by atoms with Gasteiger partial charge < -0.3 is 19.4 Å². The van der Waals surface area contributed by atoms with Crippen LogP contribution in [0.3, 0.4) is 0 Å². The molecule has 2 saturated heterocycles. The lowest BCUT2D eigenvalue weighted by molar-refractivity contribution is -0.133. The van der Waals surface area contributed by atoms with E-state index in [4.69, 9.17) is 9.15 Å². The number of hydrogen-bond donors (Lipinski definition) is 2. The number of nitrogens with one attached hydrogen (secondary N) is 2. The third-order valence-corrected chi connectivity index (χ3v) is 6.29. The van der Waals surface area contributed by atoms with E-state index in [1.54, 1.807) is 18.2 Å². The SMILES string of the molecule is COC1=C(F)C2C(=O)N(CC3(c4cc5c(C)nc(C)cc5o4)NC(=O)NC3=O)CC2C=C1. The number of allylic oxidation sites excluding steroid dienone is 1. The number of ether oxygens (including phenoxy) is 1. The van der Waals surface area contributed by atoms with Gasteiger partial charge in [-0.3, -0.25) is 19.9 Å². The zero-order chi connectivity index (χ0) is 22.8. The first-order valence-electron chi connectivity index (χ1n) is 10.2. The van der Waals surface area contributed by atoms with E-state index in [-0.39, 0.29) is 24.6 Å². The summed E-state index contributed by atoms with van der Waals surface area (Å²) in [6.07, 6.45) is 3.23. The Hall–Kier alpha value is -3.69. The molecule has 0 aromatic carbocycles. The Kier molecular flexibility index (Phi) is 4.37. The van der Waals surface area contributed by atoms with Crippen LogP contribution in [-0.2, 0) is 19.9 Å². The quantitative estimate of drug-likeness (QED) is 0.703. The van der Waals surface area contributed by atoms with E-state index >= 15 is 0 Å². The van der Waals surface area contributed by atoms with E-state index in [0.29, 0.717) is 16.7 Å². The molecule has 10 heteroatoms. The number of rotatable bonds is 4. The maximum absolute atomic E-state index is 14.8. The summed E-state index contributed by atoms with van der Waals surface area (Å²) in [5.41, 5.74) is 0.323. The first-order chi connectivity index (χ1) is 15.2. The molecule has 4 heterocycles. The van der Waals surface area contributed by atoms with Gasteiger partial charge in [0.15, 0.2) is 17.1 Å². The molecule has 9 nitrogen and oxygen atoms in total. The van der Waals surface area contributed by atoms with Crippen LogP contribution in [0, 0.1) is 25.7 Å². The Morgan fingerprint density at radius 1 is 1.31 bits per heavy atom. The van der Waals surface area contributed by atoms with Crippen molar-refractivity contribution in [3.8, 4) is 0 Å². The Labute approximate surface area is 182 Å². The highest BCUT2D eigenvalue weighted by molar-refractivity contribution is 6.08. The largest absolute Gasteiger partial charge is 0.494 e. The highest BCUT2D eigenvalue weighted by Crippen LogP contribution is 2.40. The average molecular weight is 440 g/mol. The molecule has 2 aromatic rings. The molecule has 0 spiro atoms. The number of carbonyl (C=O) groups is 3. The number of amides is 4. The van der Waals surface area contributed by atoms with Crippen LogP contribution in [0.25, 0.3) is 11.0 Å². The molecular formula is C22H21FN4O5. The van der Waals surface area contributed by atoms with Gasteiger partial charge in [-0.1, -0.05) is 6.08 Å². The van der Waals surface area contributed by atoms with Gasteiger partial charge in [0.05, 0.1) is 13.7 Å². The van der Waals surface area contributed by atoms with Crippen LogP contribution in [0.5, 0.6) is 0 Å². The van der Waals surface area contributed by atoms with Gasteiger partial charge in [0.25, 0.3) is 5.91 Å². The topological polar surface area (TPSA) is 114 Å². The molecular weight excluding hydrogens is 419 g/mol. The molecule has 32 heavy (non-hydrogen) atoms. The van der Waals surface area contributed by atoms with E-state index in [0.717, 1.165) is 5.69 Å². The minimum atomic E-state index is -1.65. The Morgan fingerprint density at radius 2 is 2.09 bits per heavy atom. The molecule has 2 aromatic heterocycles. The fraction of sp³-hybridized carbons (Fsp3) is 0.364. The number of methoxy groups -OCH3 is 1. The molecule has 2 aliphatic heterocycles. The molecule has 0 radical (unpaired) electrons. The molecule has 3 aliphatic rings. The number of nitrogens with zero attached hydrogens (tertiary/aromatic N) is 2. The molecule has 4 amide bonds. The zero-order valence-corrected chi connectivity index (χ0v) is 17.7. The third kappa shape index (κ3) is 2.82. The number of aromatic nitrogens is 1. The van der Waals surface area contributed by atoms with Gasteiger partial charge >= 0.3 is 6.03 Å². The number of carbonyl (C=O) groups excluding carboxylic acids is 3. The van der Waals surface area contributed by atoms with Crippen LogP contribution in [-0.4, -0.2) is 47.9 Å². The first-order valence-corrected chi connectivity index (χ1v) is 10.2. The van der Waals surface area contributed by atoms with Crippen LogP contribution in [0.15, 0.2) is 40.3 Å². The summed E-state index contributed by atoms with van der Waals surface area (Å²) in [6, 6.07) is 2.69. The van der Waals surface area contributed by atoms with Crippen molar-refractivity contribution >= 4 is 28.8 Å². The van der Waals surface area contributed by atoms with Gasteiger partial charge in [-0.2, -0.15) is 0 Å². The average Bonchev–Trinajstić information content (AvgIpc) is 3.38. The van der Waals surface area contributed by atoms with Crippen molar-refractivity contribution in [3.63, 3.8) is 0 Å². The number of aryl methyl sites for hydroxylation is 2. The Balaban J connectivity index is 1.55. The second kappa shape index (κ2) is 6.91. The van der Waals surface area contributed by atoms with Gasteiger partial charge in [0, 0.05) is 35.3 Å². The highest BCUT2D eigenvalue weighted by Gasteiger charge is 2.55. The van der Waals surface area contributed by atoms with Gasteiger partial charge in [0.2, 0.25) is 5.91 Å². The van der Waals surface area contributed by atoms with Crippen LogP contribution in [0.1, 0.15) is 17.1 Å². The van der Waals surface area contributed by atoms with Crippen LogP contribution >= 0.6 is 0 Å². The summed E-state index contributed by atoms with van der Waals surface area (Å²) in [5.74, 6) is -2.99. The van der Waals surface area contributed by atoms with Crippen molar-refractivity contribution in [1.29, 1.82) is 0 Å². The van der Waals surface area contributed by atoms with Gasteiger partial charge in [-0.25, -0.2) is 9.18 Å². The molecule has 2 fully saturated rings. The number of pyridine rings is 1. The molecule has 3 unspecified atom stereocenters. The van der Waals surface area contributed by atoms with E-state index in [1.165, 1.54) is 18.1 Å². The molecule has 3 atom stereocenters. The molecule has 0 bridgehead atoms. The predicted molar refractivity (Wildman–Crippen MR) is 110 cm³/mol. The summed E-state index contributed by atoms with van der Waals surface area (Å²) in [6.45, 7) is 3.63. The first kappa shape index (κ1) is 20.2. The summed E-state index contributed by atoms with van der Waals surface area (Å²) >= 11 is 0. The Morgan fingerprint density at radius 3 is 2.78 bits per heavy atom. The van der Waals surface area contributed by atoms with Gasteiger partial charge in [0.1, 0.15) is 17.3 Å². The highest BCUT2D eigenvalue weighted by atomic mass is 19.1. The third-order valence-electron chi connectivity index (χ3n) is 6.29. The minimum Gasteiger partial charge on any atom is -0.494 e. The van der Waals surface area contributed by atoms with Gasteiger partial charge in [-0.05, 0) is 26.0 Å². The standard InChI is InChI=1S/C22H21FN4O5/c1-10-6-15-13(11(2)24-10)7-16(32-15)22(20(29)25-21(30)26-22)9-27-8-12-4-5-14(31-3)18(23)17(12)19(27)28/h4-7,12,17H,8-9H2,1-3H3,(H2,25,26,29,30). The van der Waals surface area contributed by atoms with E-state index in [2.05, 4.69) is 15.6 Å². The number of fused-ring (bicyclic) bond motifs is 2. The summed E-state index contributed by atoms with van der Waals surface area (Å²) < 4.78 is 25.8. The van der Waals surface area contributed by atoms with Gasteiger partial charge in [-0.15, -0.1) is 0 Å². The molecule has 2 N–H and O–H groups in total. The van der Waals surface area contributed by atoms with Crippen LogP contribution in [0.2, 0.25) is 0 Å². The van der Waals surface area contributed by atoms with Crippen LogP contribution in [0.4, 0.5) is 9.18 Å². The second-order valence-electron chi connectivity index (χ2n) is 8.32. The molecule has 5 rings (SSSR count). The smallest absolute Gasteiger partial charge is 0.322 e. The number of urea groups is 1. The number of furan rings is 1. The lowest BCUT2D eigenvalue weighted by Crippen LogP contribution is -2.53. The number of halogens is 1. The fourth-order valence-electron chi connectivity index (χ4n) is 4.74. The van der Waals surface area contributed by atoms with Crippen molar-refractivity contribution in [3.05, 3.63) is 53.0 Å². The summed E-state index contributed by atoms with van der Waals surface area (Å²) in [7, 11) is 1.34. The van der Waals surface area contributed by atoms with Crippen molar-refractivity contribution in [2.75, 3.05) is 20.2 Å². The second-order valence-corrected chi connectivity index (χ2v) is 8.32. The molecule has 166 valence electrons. The number of hydrogen-bond acceptors (Lipinski definition) is 6. The monoisotopic (exact) mass is 440 g/mol. The fourth-order valence-corrected chi connectivity index (χ4v) is 4.74. The van der Waals surface area contributed by atoms with Crippen molar-refractivity contribution in [1.82, 2.24) is 20.5 Å². The van der Waals surface area contributed by atoms with Crippen LogP contribution < -0.4 is 10.6 Å². The predicted octanol–water partition coefficient (Wildman–Crippen LogP) is 1.95. The molecule has 1 aliphatic carbocycles. The minimum absolute atomic E-state index is 0.0127. The van der Waals surface area contributed by atoms with Crippen molar-refractivity contribution in [2.45, 2.75) is 19.4 Å². The van der Waals surface area contributed by atoms with Crippen molar-refractivity contribution < 1.29 is 27.9 Å². The summed E-state index contributed by atoms with van der Waals surface area (Å²) in [5, 5.41) is 5.56. The van der Waals surface area contributed by atoms with E-state index < -0.39 is 41.0 Å². The summed E-state index contributed by atoms with van der Waals surface area (Å²) in [4.78, 5) is 44.0. The molecule has 0 saturated carbocycles. The maximum Gasteiger partial charge on any atom is 0.322 e. The lowest BCUT2D eigenvalue weighted by Gasteiger charge is -2.29. The number of imide groups is 1. The number of likely N-dealkylation sites (tertiary alicyclic amines) is 1.